The van der Waals surface area contributed by atoms with Crippen molar-refractivity contribution in [1.29, 1.82) is 0 Å². The number of methoxy groups -OCH3 is 1. The van der Waals surface area contributed by atoms with E-state index in [2.05, 4.69) is 58.1 Å². The molecule has 1 N–H and O–H groups in total. The van der Waals surface area contributed by atoms with E-state index in [1.807, 2.05) is 48.5 Å². The highest BCUT2D eigenvalue weighted by Crippen LogP contribution is 2.34. The van der Waals surface area contributed by atoms with E-state index >= 15 is 0 Å². The highest BCUT2D eigenvalue weighted by atomic mass is 32.1. The molecule has 37 heavy (non-hydrogen) atoms. The van der Waals surface area contributed by atoms with E-state index in [9.17, 15) is 4.79 Å². The molecular formula is C31H34N2O3S. The summed E-state index contributed by atoms with van der Waals surface area (Å²) in [5.74, 6) is 1.42. The third-order valence-electron chi connectivity index (χ3n) is 6.44. The Balaban J connectivity index is 1.61. The largest absolute Gasteiger partial charge is 0.496 e. The Morgan fingerprint density at radius 3 is 2.46 bits per heavy atom. The second-order valence-corrected chi connectivity index (χ2v) is 10.6. The number of thiocarbonyl (C=S) groups is 1. The summed E-state index contributed by atoms with van der Waals surface area (Å²) in [5.41, 5.74) is 6.30. The molecule has 1 heterocycles. The van der Waals surface area contributed by atoms with Crippen LogP contribution in [0.15, 0.2) is 66.4 Å². The van der Waals surface area contributed by atoms with Crippen LogP contribution >= 0.6 is 12.2 Å². The number of para-hydroxylation sites is 1. The molecule has 0 bridgehead atoms. The molecule has 0 atom stereocenters. The third-order valence-corrected chi connectivity index (χ3v) is 6.72. The maximum atomic E-state index is 13.3. The first kappa shape index (κ1) is 26.4. The van der Waals surface area contributed by atoms with E-state index in [1.54, 1.807) is 12.0 Å². The molecule has 1 aliphatic rings. The summed E-state index contributed by atoms with van der Waals surface area (Å²) < 4.78 is 11.9. The SMILES string of the molecule is CCc1ccccc1N1C(=O)/C(=C\c2ccc(OC)c(COc3cc(C)ccc3C(C)(C)C)c2)NC1=S. The number of amides is 1. The summed E-state index contributed by atoms with van der Waals surface area (Å²) in [7, 11) is 1.65. The minimum absolute atomic E-state index is 0.0470. The first-order valence-corrected chi connectivity index (χ1v) is 12.9. The average molecular weight is 515 g/mol. The van der Waals surface area contributed by atoms with Crippen molar-refractivity contribution >= 4 is 35.0 Å². The Morgan fingerprint density at radius 2 is 1.76 bits per heavy atom. The van der Waals surface area contributed by atoms with Crippen molar-refractivity contribution in [2.24, 2.45) is 0 Å². The number of benzene rings is 3. The molecule has 4 rings (SSSR count). The minimum atomic E-state index is -0.172. The summed E-state index contributed by atoms with van der Waals surface area (Å²) in [6, 6.07) is 19.9. The van der Waals surface area contributed by atoms with E-state index in [0.717, 1.165) is 51.4 Å². The van der Waals surface area contributed by atoms with Crippen LogP contribution < -0.4 is 19.7 Å². The van der Waals surface area contributed by atoms with Crippen molar-refractivity contribution in [3.63, 3.8) is 0 Å². The van der Waals surface area contributed by atoms with Crippen LogP contribution in [0.25, 0.3) is 6.08 Å². The molecule has 0 aliphatic carbocycles. The number of carbonyl (C=O) groups excluding carboxylic acids is 1. The second kappa shape index (κ2) is 10.8. The van der Waals surface area contributed by atoms with Gasteiger partial charge in [0.2, 0.25) is 0 Å². The Kier molecular flexibility index (Phi) is 7.69. The van der Waals surface area contributed by atoms with Gasteiger partial charge in [-0.2, -0.15) is 0 Å². The zero-order valence-corrected chi connectivity index (χ0v) is 23.2. The molecule has 0 spiro atoms. The molecule has 0 saturated carbocycles. The van der Waals surface area contributed by atoms with Gasteiger partial charge in [0.15, 0.2) is 5.11 Å². The predicted octanol–water partition coefficient (Wildman–Crippen LogP) is 6.70. The monoisotopic (exact) mass is 514 g/mol. The quantitative estimate of drug-likeness (QED) is 0.281. The molecule has 6 heteroatoms. The van der Waals surface area contributed by atoms with Crippen LogP contribution in [0.2, 0.25) is 0 Å². The molecular weight excluding hydrogens is 480 g/mol. The van der Waals surface area contributed by atoms with Crippen LogP contribution in [-0.2, 0) is 23.2 Å². The number of hydrogen-bond acceptors (Lipinski definition) is 4. The van der Waals surface area contributed by atoms with Crippen LogP contribution in [0, 0.1) is 6.92 Å². The van der Waals surface area contributed by atoms with Crippen LogP contribution in [0.5, 0.6) is 11.5 Å². The van der Waals surface area contributed by atoms with E-state index in [0.29, 0.717) is 17.4 Å². The summed E-state index contributed by atoms with van der Waals surface area (Å²) in [4.78, 5) is 14.9. The fourth-order valence-corrected chi connectivity index (χ4v) is 4.76. The number of ether oxygens (including phenoxy) is 2. The van der Waals surface area contributed by atoms with Gasteiger partial charge in [-0.05, 0) is 83.6 Å². The van der Waals surface area contributed by atoms with Crippen molar-refractivity contribution in [2.45, 2.75) is 53.1 Å². The van der Waals surface area contributed by atoms with Gasteiger partial charge in [-0.25, -0.2) is 0 Å². The molecule has 3 aromatic rings. The van der Waals surface area contributed by atoms with Gasteiger partial charge in [0.25, 0.3) is 5.91 Å². The fraction of sp³-hybridized carbons (Fsp3) is 0.290. The fourth-order valence-electron chi connectivity index (χ4n) is 4.47. The maximum absolute atomic E-state index is 13.3. The zero-order chi connectivity index (χ0) is 26.7. The lowest BCUT2D eigenvalue weighted by molar-refractivity contribution is -0.113. The number of carbonyl (C=O) groups is 1. The Morgan fingerprint density at radius 1 is 1.00 bits per heavy atom. The van der Waals surface area contributed by atoms with Gasteiger partial charge in [0.05, 0.1) is 12.8 Å². The van der Waals surface area contributed by atoms with Crippen molar-refractivity contribution in [3.05, 3.63) is 94.2 Å². The smallest absolute Gasteiger partial charge is 0.281 e. The topological polar surface area (TPSA) is 50.8 Å². The highest BCUT2D eigenvalue weighted by Gasteiger charge is 2.33. The van der Waals surface area contributed by atoms with Gasteiger partial charge < -0.3 is 14.8 Å². The number of nitrogens with zero attached hydrogens (tertiary/aromatic N) is 1. The zero-order valence-electron chi connectivity index (χ0n) is 22.3. The number of nitrogens with one attached hydrogen (secondary N) is 1. The summed E-state index contributed by atoms with van der Waals surface area (Å²) in [6.07, 6.45) is 2.63. The lowest BCUT2D eigenvalue weighted by Crippen LogP contribution is -2.31. The maximum Gasteiger partial charge on any atom is 0.281 e. The first-order valence-electron chi connectivity index (χ1n) is 12.5. The molecule has 1 amide bonds. The van der Waals surface area contributed by atoms with Crippen molar-refractivity contribution in [1.82, 2.24) is 5.32 Å². The van der Waals surface area contributed by atoms with Gasteiger partial charge in [-0.1, -0.05) is 64.1 Å². The number of aryl methyl sites for hydroxylation is 2. The predicted molar refractivity (Wildman–Crippen MR) is 154 cm³/mol. The number of anilines is 1. The van der Waals surface area contributed by atoms with E-state index < -0.39 is 0 Å². The molecule has 1 saturated heterocycles. The average Bonchev–Trinajstić information content (AvgIpc) is 3.14. The van der Waals surface area contributed by atoms with Gasteiger partial charge in [-0.15, -0.1) is 0 Å². The molecule has 5 nitrogen and oxygen atoms in total. The van der Waals surface area contributed by atoms with Gasteiger partial charge >= 0.3 is 0 Å². The van der Waals surface area contributed by atoms with E-state index in [4.69, 9.17) is 21.7 Å². The number of rotatable bonds is 7. The summed E-state index contributed by atoms with van der Waals surface area (Å²) in [6.45, 7) is 11.0. The lowest BCUT2D eigenvalue weighted by Gasteiger charge is -2.23. The minimum Gasteiger partial charge on any atom is -0.496 e. The molecule has 192 valence electrons. The number of hydrogen-bond donors (Lipinski definition) is 1. The Labute approximate surface area is 225 Å². The van der Waals surface area contributed by atoms with Crippen LogP contribution in [0.3, 0.4) is 0 Å². The van der Waals surface area contributed by atoms with Gasteiger partial charge in [-0.3, -0.25) is 9.69 Å². The van der Waals surface area contributed by atoms with Gasteiger partial charge in [0.1, 0.15) is 23.8 Å². The van der Waals surface area contributed by atoms with Crippen molar-refractivity contribution in [3.8, 4) is 11.5 Å². The van der Waals surface area contributed by atoms with Crippen LogP contribution in [-0.4, -0.2) is 18.1 Å². The Bertz CT molecular complexity index is 1370. The highest BCUT2D eigenvalue weighted by molar-refractivity contribution is 7.80. The normalized spacial score (nSPS) is 14.8. The van der Waals surface area contributed by atoms with E-state index in [1.165, 1.54) is 0 Å². The molecule has 0 aromatic heterocycles. The molecule has 0 unspecified atom stereocenters. The second-order valence-electron chi connectivity index (χ2n) is 10.2. The third kappa shape index (κ3) is 5.70. The van der Waals surface area contributed by atoms with Crippen molar-refractivity contribution in [2.75, 3.05) is 12.0 Å². The molecule has 3 aromatic carbocycles. The molecule has 1 aliphatic heterocycles. The van der Waals surface area contributed by atoms with E-state index in [-0.39, 0.29) is 11.3 Å². The lowest BCUT2D eigenvalue weighted by atomic mass is 9.86. The van der Waals surface area contributed by atoms with Crippen LogP contribution in [0.1, 0.15) is 55.5 Å². The summed E-state index contributed by atoms with van der Waals surface area (Å²) >= 11 is 5.53. The van der Waals surface area contributed by atoms with Crippen molar-refractivity contribution < 1.29 is 14.3 Å². The molecule has 0 radical (unpaired) electrons. The Hall–Kier alpha value is -3.64. The summed E-state index contributed by atoms with van der Waals surface area (Å²) in [5, 5.41) is 3.47. The standard InChI is InChI=1S/C31H34N2O3S/c1-7-22-10-8-9-11-26(22)33-29(34)25(32-30(33)37)18-21-13-15-27(35-6)23(17-21)19-36-28-16-20(2)12-14-24(28)31(3,4)5/h8-18H,7,19H2,1-6H3,(H,32,37)/b25-18+. The van der Waals surface area contributed by atoms with Gasteiger partial charge in [0, 0.05) is 5.56 Å². The van der Waals surface area contributed by atoms with Crippen LogP contribution in [0.4, 0.5) is 5.69 Å². The molecule has 1 fully saturated rings. The first-order chi connectivity index (χ1) is 17.6.